The molecule has 0 N–H and O–H groups in total. The number of carbonyl (C=O) groups excluding carboxylic acids is 2. The van der Waals surface area contributed by atoms with Crippen molar-refractivity contribution < 1.29 is 18.7 Å². The summed E-state index contributed by atoms with van der Waals surface area (Å²) in [5, 5.41) is 0. The van der Waals surface area contributed by atoms with Crippen LogP contribution in [0.1, 0.15) is 29.8 Å². The highest BCUT2D eigenvalue weighted by molar-refractivity contribution is 9.10. The molecule has 6 heteroatoms. The van der Waals surface area contributed by atoms with Gasteiger partial charge in [-0.1, -0.05) is 0 Å². The minimum atomic E-state index is -0.483. The number of rotatable bonds is 4. The molecule has 0 unspecified atom stereocenters. The second-order valence-electron chi connectivity index (χ2n) is 5.05. The Morgan fingerprint density at radius 3 is 2.89 bits per heavy atom. The van der Waals surface area contributed by atoms with Crippen molar-refractivity contribution in [1.29, 1.82) is 0 Å². The Morgan fingerprint density at radius 1 is 1.47 bits per heavy atom. The summed E-state index contributed by atoms with van der Waals surface area (Å²) in [4.78, 5) is 25.4. The van der Waals surface area contributed by atoms with Crippen LogP contribution in [0.15, 0.2) is 21.2 Å². The van der Waals surface area contributed by atoms with Crippen LogP contribution >= 0.6 is 15.9 Å². The molecule has 2 fully saturated rings. The van der Waals surface area contributed by atoms with Crippen LogP contribution in [0.4, 0.5) is 0 Å². The van der Waals surface area contributed by atoms with Gasteiger partial charge in [0.05, 0.1) is 6.61 Å². The predicted molar refractivity (Wildman–Crippen MR) is 69.5 cm³/mol. The maximum Gasteiger partial charge on any atom is 0.374 e. The van der Waals surface area contributed by atoms with Crippen LogP contribution in [-0.4, -0.2) is 36.0 Å². The molecule has 0 spiro atoms. The van der Waals surface area contributed by atoms with E-state index in [1.807, 2.05) is 4.90 Å². The first-order chi connectivity index (χ1) is 9.13. The third kappa shape index (κ3) is 2.83. The maximum atomic E-state index is 11.7. The number of carbonyl (C=O) groups is 2. The monoisotopic (exact) mass is 327 g/mol. The number of furan rings is 1. The highest BCUT2D eigenvalue weighted by atomic mass is 79.9. The lowest BCUT2D eigenvalue weighted by Gasteiger charge is -2.15. The van der Waals surface area contributed by atoms with Crippen LogP contribution in [-0.2, 0) is 9.53 Å². The average molecular weight is 328 g/mol. The molecule has 1 aliphatic heterocycles. The van der Waals surface area contributed by atoms with Gasteiger partial charge in [0, 0.05) is 24.9 Å². The van der Waals surface area contributed by atoms with E-state index in [1.54, 1.807) is 12.1 Å². The van der Waals surface area contributed by atoms with Crippen LogP contribution in [0.3, 0.4) is 0 Å². The van der Waals surface area contributed by atoms with Crippen molar-refractivity contribution in [3.05, 3.63) is 22.6 Å². The molecular formula is C13H14BrNO4. The zero-order valence-corrected chi connectivity index (χ0v) is 11.9. The Labute approximate surface area is 119 Å². The van der Waals surface area contributed by atoms with Gasteiger partial charge < -0.3 is 14.1 Å². The quantitative estimate of drug-likeness (QED) is 0.795. The van der Waals surface area contributed by atoms with Gasteiger partial charge in [-0.2, -0.15) is 0 Å². The molecule has 102 valence electrons. The summed E-state index contributed by atoms with van der Waals surface area (Å²) >= 11 is 3.13. The Morgan fingerprint density at radius 2 is 2.26 bits per heavy atom. The molecule has 1 aliphatic carbocycles. The average Bonchev–Trinajstić information content (AvgIpc) is 3.03. The summed E-state index contributed by atoms with van der Waals surface area (Å²) in [6.45, 7) is 0.977. The number of esters is 1. The van der Waals surface area contributed by atoms with Crippen LogP contribution in [0.5, 0.6) is 0 Å². The predicted octanol–water partition coefficient (Wildman–Crippen LogP) is 2.21. The minimum absolute atomic E-state index is 0.107. The van der Waals surface area contributed by atoms with Gasteiger partial charge in [-0.15, -0.1) is 0 Å². The maximum absolute atomic E-state index is 11.7. The van der Waals surface area contributed by atoms with Gasteiger partial charge in [0.1, 0.15) is 0 Å². The first-order valence-electron chi connectivity index (χ1n) is 6.35. The first-order valence-corrected chi connectivity index (χ1v) is 7.14. The molecule has 1 amide bonds. The molecule has 1 atom stereocenters. The van der Waals surface area contributed by atoms with E-state index in [0.29, 0.717) is 23.7 Å². The summed E-state index contributed by atoms with van der Waals surface area (Å²) in [5.41, 5.74) is 0. The Balaban J connectivity index is 1.50. The van der Waals surface area contributed by atoms with E-state index in [2.05, 4.69) is 15.9 Å². The van der Waals surface area contributed by atoms with Crippen molar-refractivity contribution in [1.82, 2.24) is 4.90 Å². The van der Waals surface area contributed by atoms with Gasteiger partial charge >= 0.3 is 5.97 Å². The molecule has 19 heavy (non-hydrogen) atoms. The van der Waals surface area contributed by atoms with E-state index in [-0.39, 0.29) is 24.2 Å². The number of ether oxygens (including phenoxy) is 1. The van der Waals surface area contributed by atoms with E-state index in [1.165, 1.54) is 0 Å². The number of halogens is 1. The van der Waals surface area contributed by atoms with Crippen molar-refractivity contribution in [2.24, 2.45) is 5.92 Å². The summed E-state index contributed by atoms with van der Waals surface area (Å²) in [6.07, 6.45) is 2.70. The summed E-state index contributed by atoms with van der Waals surface area (Å²) in [5.74, 6) is -0.0157. The number of amides is 1. The van der Waals surface area contributed by atoms with Gasteiger partial charge in [0.25, 0.3) is 0 Å². The van der Waals surface area contributed by atoms with Gasteiger partial charge in [0.15, 0.2) is 4.67 Å². The molecule has 0 aromatic carbocycles. The fraction of sp³-hybridized carbons (Fsp3) is 0.538. The van der Waals surface area contributed by atoms with E-state index >= 15 is 0 Å². The molecule has 0 radical (unpaired) electrons. The molecule has 2 heterocycles. The topological polar surface area (TPSA) is 59.8 Å². The Bertz CT molecular complexity index is 508. The Hall–Kier alpha value is -1.30. The molecule has 1 saturated heterocycles. The minimum Gasteiger partial charge on any atom is -0.459 e. The second-order valence-corrected chi connectivity index (χ2v) is 5.83. The second kappa shape index (κ2) is 5.00. The van der Waals surface area contributed by atoms with Gasteiger partial charge in [0.2, 0.25) is 11.7 Å². The van der Waals surface area contributed by atoms with Crippen molar-refractivity contribution >= 4 is 27.8 Å². The zero-order valence-electron chi connectivity index (χ0n) is 10.3. The first kappa shape index (κ1) is 12.7. The fourth-order valence-electron chi connectivity index (χ4n) is 2.35. The molecule has 1 saturated carbocycles. The lowest BCUT2D eigenvalue weighted by molar-refractivity contribution is -0.128. The van der Waals surface area contributed by atoms with E-state index in [0.717, 1.165) is 12.8 Å². The molecule has 1 aromatic rings. The zero-order chi connectivity index (χ0) is 13.4. The van der Waals surface area contributed by atoms with Crippen molar-refractivity contribution in [3.8, 4) is 0 Å². The number of nitrogens with zero attached hydrogens (tertiary/aromatic N) is 1. The van der Waals surface area contributed by atoms with Gasteiger partial charge in [-0.3, -0.25) is 4.79 Å². The van der Waals surface area contributed by atoms with Crippen molar-refractivity contribution in [2.45, 2.75) is 25.3 Å². The molecular weight excluding hydrogens is 314 g/mol. The highest BCUT2D eigenvalue weighted by Gasteiger charge is 2.39. The molecule has 5 nitrogen and oxygen atoms in total. The third-order valence-electron chi connectivity index (χ3n) is 3.45. The normalized spacial score (nSPS) is 22.9. The van der Waals surface area contributed by atoms with E-state index < -0.39 is 5.97 Å². The number of hydrogen-bond acceptors (Lipinski definition) is 4. The van der Waals surface area contributed by atoms with Crippen molar-refractivity contribution in [3.63, 3.8) is 0 Å². The van der Waals surface area contributed by atoms with E-state index in [9.17, 15) is 9.59 Å². The smallest absolute Gasteiger partial charge is 0.374 e. The standard InChI is InChI=1S/C13H14BrNO4/c14-11-4-3-10(19-11)13(17)18-7-8-5-12(16)15(6-8)9-1-2-9/h3-4,8-9H,1-2,5-7H2/t8-/m0/s1. The fourth-order valence-corrected chi connectivity index (χ4v) is 2.65. The van der Waals surface area contributed by atoms with Crippen LogP contribution in [0.2, 0.25) is 0 Å². The van der Waals surface area contributed by atoms with Crippen molar-refractivity contribution in [2.75, 3.05) is 13.2 Å². The Kier molecular flexibility index (Phi) is 3.35. The van der Waals surface area contributed by atoms with Gasteiger partial charge in [-0.05, 0) is 40.9 Å². The summed E-state index contributed by atoms with van der Waals surface area (Å²) in [6, 6.07) is 3.64. The van der Waals surface area contributed by atoms with Crippen LogP contribution < -0.4 is 0 Å². The summed E-state index contributed by atoms with van der Waals surface area (Å²) < 4.78 is 10.8. The SMILES string of the molecule is O=C(OC[C@H]1CC(=O)N(C2CC2)C1)c1ccc(Br)o1. The molecule has 3 rings (SSSR count). The number of likely N-dealkylation sites (tertiary alicyclic amines) is 1. The lowest BCUT2D eigenvalue weighted by Crippen LogP contribution is -2.27. The summed E-state index contributed by atoms with van der Waals surface area (Å²) in [7, 11) is 0. The number of hydrogen-bond donors (Lipinski definition) is 0. The van der Waals surface area contributed by atoms with Crippen LogP contribution in [0, 0.1) is 5.92 Å². The molecule has 2 aliphatic rings. The third-order valence-corrected chi connectivity index (χ3v) is 3.88. The molecule has 1 aromatic heterocycles. The van der Waals surface area contributed by atoms with E-state index in [4.69, 9.17) is 9.15 Å². The largest absolute Gasteiger partial charge is 0.459 e. The highest BCUT2D eigenvalue weighted by Crippen LogP contribution is 2.32. The van der Waals surface area contributed by atoms with Gasteiger partial charge in [-0.25, -0.2) is 4.79 Å². The van der Waals surface area contributed by atoms with Crippen LogP contribution in [0.25, 0.3) is 0 Å². The molecule has 0 bridgehead atoms. The lowest BCUT2D eigenvalue weighted by atomic mass is 10.1.